The molecule has 6 heteroatoms. The van der Waals surface area contributed by atoms with Gasteiger partial charge in [0.1, 0.15) is 0 Å². The standard InChI is InChI=1S/C21H30N4O2/c1-17(2)20(24-10-12-27-13-11-24)15-22-21(26)9-8-18-14-23-25(16-18)19-6-4-3-5-7-19/h3-7,14,16-17,20H,8-13,15H2,1-2H3,(H,22,26). The van der Waals surface area contributed by atoms with Gasteiger partial charge < -0.3 is 10.1 Å². The van der Waals surface area contributed by atoms with Gasteiger partial charge in [-0.3, -0.25) is 9.69 Å². The Morgan fingerprint density at radius 2 is 1.96 bits per heavy atom. The van der Waals surface area contributed by atoms with Crippen molar-refractivity contribution in [3.63, 3.8) is 0 Å². The van der Waals surface area contributed by atoms with Crippen molar-refractivity contribution in [2.24, 2.45) is 5.92 Å². The number of aromatic nitrogens is 2. The lowest BCUT2D eigenvalue weighted by atomic mass is 10.0. The second-order valence-corrected chi connectivity index (χ2v) is 7.39. The molecule has 1 aromatic heterocycles. The lowest BCUT2D eigenvalue weighted by molar-refractivity contribution is -0.121. The molecular weight excluding hydrogens is 340 g/mol. The van der Waals surface area contributed by atoms with E-state index < -0.39 is 0 Å². The molecule has 0 saturated carbocycles. The predicted octanol–water partition coefficient (Wildman–Crippen LogP) is 2.28. The van der Waals surface area contributed by atoms with Crippen LogP contribution in [0.2, 0.25) is 0 Å². The second kappa shape index (κ2) is 9.67. The van der Waals surface area contributed by atoms with E-state index in [1.165, 1.54) is 0 Å². The van der Waals surface area contributed by atoms with Gasteiger partial charge in [0.05, 0.1) is 25.1 Å². The van der Waals surface area contributed by atoms with Crippen LogP contribution >= 0.6 is 0 Å². The minimum Gasteiger partial charge on any atom is -0.379 e. The Kier molecular flexibility index (Phi) is 7.01. The number of carbonyl (C=O) groups excluding carboxylic acids is 1. The van der Waals surface area contributed by atoms with Crippen molar-refractivity contribution < 1.29 is 9.53 Å². The zero-order chi connectivity index (χ0) is 19.1. The first-order valence-corrected chi connectivity index (χ1v) is 9.81. The Balaban J connectivity index is 1.46. The first-order chi connectivity index (χ1) is 13.1. The molecule has 1 fully saturated rings. The van der Waals surface area contributed by atoms with Crippen LogP contribution in [0.15, 0.2) is 42.7 Å². The molecule has 2 aromatic rings. The quantitative estimate of drug-likeness (QED) is 0.774. The monoisotopic (exact) mass is 370 g/mol. The molecule has 1 amide bonds. The smallest absolute Gasteiger partial charge is 0.220 e. The molecule has 0 radical (unpaired) electrons. The number of rotatable bonds is 8. The van der Waals surface area contributed by atoms with Gasteiger partial charge in [-0.25, -0.2) is 4.68 Å². The summed E-state index contributed by atoms with van der Waals surface area (Å²) in [5, 5.41) is 7.51. The molecule has 146 valence electrons. The fourth-order valence-corrected chi connectivity index (χ4v) is 3.47. The fraction of sp³-hybridized carbons (Fsp3) is 0.524. The number of carbonyl (C=O) groups is 1. The largest absolute Gasteiger partial charge is 0.379 e. The van der Waals surface area contributed by atoms with Crippen molar-refractivity contribution in [3.05, 3.63) is 48.3 Å². The average Bonchev–Trinajstić information content (AvgIpc) is 3.17. The number of morpholine rings is 1. The Hall–Kier alpha value is -2.18. The highest BCUT2D eigenvalue weighted by Gasteiger charge is 2.24. The Labute approximate surface area is 161 Å². The lowest BCUT2D eigenvalue weighted by Gasteiger charge is -2.36. The molecule has 1 saturated heterocycles. The molecule has 0 spiro atoms. The molecule has 0 bridgehead atoms. The van der Waals surface area contributed by atoms with Crippen LogP contribution in [0.4, 0.5) is 0 Å². The molecule has 1 unspecified atom stereocenters. The van der Waals surface area contributed by atoms with Crippen LogP contribution < -0.4 is 5.32 Å². The third-order valence-corrected chi connectivity index (χ3v) is 5.09. The number of para-hydroxylation sites is 1. The number of nitrogens with one attached hydrogen (secondary N) is 1. The van der Waals surface area contributed by atoms with Gasteiger partial charge in [-0.1, -0.05) is 32.0 Å². The number of benzene rings is 1. The number of hydrogen-bond donors (Lipinski definition) is 1. The summed E-state index contributed by atoms with van der Waals surface area (Å²) in [4.78, 5) is 14.8. The zero-order valence-corrected chi connectivity index (χ0v) is 16.3. The van der Waals surface area contributed by atoms with E-state index in [1.807, 2.05) is 47.4 Å². The molecular formula is C21H30N4O2. The highest BCUT2D eigenvalue weighted by Crippen LogP contribution is 2.13. The van der Waals surface area contributed by atoms with E-state index in [-0.39, 0.29) is 5.91 Å². The first-order valence-electron chi connectivity index (χ1n) is 9.81. The first kappa shape index (κ1) is 19.6. The summed E-state index contributed by atoms with van der Waals surface area (Å²) in [6.07, 6.45) is 5.01. The van der Waals surface area contributed by atoms with Gasteiger partial charge in [-0.15, -0.1) is 0 Å². The maximum atomic E-state index is 12.3. The summed E-state index contributed by atoms with van der Waals surface area (Å²) in [5.41, 5.74) is 2.10. The summed E-state index contributed by atoms with van der Waals surface area (Å²) in [6.45, 7) is 8.56. The van der Waals surface area contributed by atoms with Gasteiger partial charge >= 0.3 is 0 Å². The van der Waals surface area contributed by atoms with Crippen LogP contribution in [-0.4, -0.2) is 59.5 Å². The van der Waals surface area contributed by atoms with Crippen molar-refractivity contribution in [3.8, 4) is 5.69 Å². The third-order valence-electron chi connectivity index (χ3n) is 5.09. The van der Waals surface area contributed by atoms with Crippen molar-refractivity contribution in [1.29, 1.82) is 0 Å². The number of nitrogens with zero attached hydrogens (tertiary/aromatic N) is 3. The maximum absolute atomic E-state index is 12.3. The Bertz CT molecular complexity index is 708. The highest BCUT2D eigenvalue weighted by atomic mass is 16.5. The molecule has 1 atom stereocenters. The van der Waals surface area contributed by atoms with Gasteiger partial charge in [0, 0.05) is 38.3 Å². The van der Waals surface area contributed by atoms with Crippen LogP contribution in [0.1, 0.15) is 25.8 Å². The minimum atomic E-state index is 0.0985. The normalized spacial score (nSPS) is 16.4. The van der Waals surface area contributed by atoms with Crippen LogP contribution in [0.3, 0.4) is 0 Å². The van der Waals surface area contributed by atoms with Crippen molar-refractivity contribution in [2.75, 3.05) is 32.8 Å². The summed E-state index contributed by atoms with van der Waals surface area (Å²) in [6, 6.07) is 10.4. The number of hydrogen-bond acceptors (Lipinski definition) is 4. The van der Waals surface area contributed by atoms with Crippen molar-refractivity contribution in [1.82, 2.24) is 20.0 Å². The van der Waals surface area contributed by atoms with Gasteiger partial charge in [0.2, 0.25) is 5.91 Å². The van der Waals surface area contributed by atoms with Crippen LogP contribution in [0.25, 0.3) is 5.69 Å². The van der Waals surface area contributed by atoms with Crippen LogP contribution in [0.5, 0.6) is 0 Å². The van der Waals surface area contributed by atoms with E-state index >= 15 is 0 Å². The summed E-state index contributed by atoms with van der Waals surface area (Å²) in [7, 11) is 0. The number of amides is 1. The van der Waals surface area contributed by atoms with Crippen LogP contribution in [-0.2, 0) is 16.0 Å². The van der Waals surface area contributed by atoms with Gasteiger partial charge in [0.15, 0.2) is 0 Å². The molecule has 1 N–H and O–H groups in total. The van der Waals surface area contributed by atoms with E-state index in [0.717, 1.165) is 37.6 Å². The van der Waals surface area contributed by atoms with Gasteiger partial charge in [-0.05, 0) is 30.0 Å². The summed E-state index contributed by atoms with van der Waals surface area (Å²) < 4.78 is 7.29. The van der Waals surface area contributed by atoms with E-state index in [4.69, 9.17) is 4.74 Å². The zero-order valence-electron chi connectivity index (χ0n) is 16.3. The number of ether oxygens (including phenoxy) is 1. The SMILES string of the molecule is CC(C)C(CNC(=O)CCc1cnn(-c2ccccc2)c1)N1CCOCC1. The molecule has 1 aliphatic rings. The minimum absolute atomic E-state index is 0.0985. The van der Waals surface area contributed by atoms with E-state index in [2.05, 4.69) is 29.2 Å². The molecule has 2 heterocycles. The van der Waals surface area contributed by atoms with Crippen molar-refractivity contribution >= 4 is 5.91 Å². The summed E-state index contributed by atoms with van der Waals surface area (Å²) >= 11 is 0. The third kappa shape index (κ3) is 5.65. The highest BCUT2D eigenvalue weighted by molar-refractivity contribution is 5.76. The molecule has 0 aliphatic carbocycles. The topological polar surface area (TPSA) is 59.4 Å². The molecule has 6 nitrogen and oxygen atoms in total. The molecule has 3 rings (SSSR count). The Morgan fingerprint density at radius 1 is 1.22 bits per heavy atom. The molecule has 1 aromatic carbocycles. The van der Waals surface area contributed by atoms with E-state index in [0.29, 0.717) is 31.3 Å². The second-order valence-electron chi connectivity index (χ2n) is 7.39. The van der Waals surface area contributed by atoms with Gasteiger partial charge in [-0.2, -0.15) is 5.10 Å². The van der Waals surface area contributed by atoms with Crippen LogP contribution in [0, 0.1) is 5.92 Å². The van der Waals surface area contributed by atoms with Crippen molar-refractivity contribution in [2.45, 2.75) is 32.7 Å². The Morgan fingerprint density at radius 3 is 2.67 bits per heavy atom. The van der Waals surface area contributed by atoms with Gasteiger partial charge in [0.25, 0.3) is 0 Å². The maximum Gasteiger partial charge on any atom is 0.220 e. The molecule has 27 heavy (non-hydrogen) atoms. The molecule has 1 aliphatic heterocycles. The fourth-order valence-electron chi connectivity index (χ4n) is 3.47. The lowest BCUT2D eigenvalue weighted by Crippen LogP contribution is -2.51. The number of aryl methyl sites for hydroxylation is 1. The predicted molar refractivity (Wildman–Crippen MR) is 106 cm³/mol. The average molecular weight is 370 g/mol. The van der Waals surface area contributed by atoms with E-state index in [1.54, 1.807) is 0 Å². The summed E-state index contributed by atoms with van der Waals surface area (Å²) in [5.74, 6) is 0.592. The van der Waals surface area contributed by atoms with E-state index in [9.17, 15) is 4.79 Å².